The lowest BCUT2D eigenvalue weighted by Gasteiger charge is -2.42. The summed E-state index contributed by atoms with van der Waals surface area (Å²) in [5.74, 6) is 0. The molecule has 88 valence electrons. The average molecular weight is 219 g/mol. The Hall–Kier alpha value is -0.930. The molecule has 0 spiro atoms. The highest BCUT2D eigenvalue weighted by Gasteiger charge is 2.28. The maximum Gasteiger partial charge on any atom is 0.0300 e. The van der Waals surface area contributed by atoms with E-state index in [0.29, 0.717) is 0 Å². The minimum atomic E-state index is 0.278. The Kier molecular flexibility index (Phi) is 3.56. The van der Waals surface area contributed by atoms with Crippen molar-refractivity contribution in [3.63, 3.8) is 0 Å². The number of pyridine rings is 1. The first kappa shape index (κ1) is 11.6. The van der Waals surface area contributed by atoms with E-state index in [0.717, 1.165) is 32.6 Å². The molecule has 1 saturated heterocycles. The number of rotatable bonds is 3. The molecule has 1 aliphatic rings. The van der Waals surface area contributed by atoms with Gasteiger partial charge in [0.05, 0.1) is 0 Å². The summed E-state index contributed by atoms with van der Waals surface area (Å²) in [6, 6.07) is 4.17. The van der Waals surface area contributed by atoms with Crippen molar-refractivity contribution < 1.29 is 0 Å². The van der Waals surface area contributed by atoms with E-state index in [-0.39, 0.29) is 5.54 Å². The molecule has 0 aliphatic carbocycles. The second-order valence-corrected chi connectivity index (χ2v) is 5.09. The highest BCUT2D eigenvalue weighted by molar-refractivity contribution is 5.09. The zero-order valence-electron chi connectivity index (χ0n) is 10.2. The fraction of sp³-hybridized carbons (Fsp3) is 0.615. The maximum atomic E-state index is 4.15. The molecule has 0 saturated carbocycles. The molecule has 1 fully saturated rings. The lowest BCUT2D eigenvalue weighted by atomic mass is 9.99. The molecular formula is C13H21N3. The number of nitrogens with one attached hydrogen (secondary N) is 1. The van der Waals surface area contributed by atoms with Crippen LogP contribution in [0.3, 0.4) is 0 Å². The van der Waals surface area contributed by atoms with E-state index in [4.69, 9.17) is 0 Å². The van der Waals surface area contributed by atoms with Crippen molar-refractivity contribution in [2.24, 2.45) is 0 Å². The Morgan fingerprint density at radius 3 is 3.06 bits per heavy atom. The third-order valence-electron chi connectivity index (χ3n) is 3.37. The van der Waals surface area contributed by atoms with Crippen LogP contribution in [-0.4, -0.2) is 41.6 Å². The molecular weight excluding hydrogens is 198 g/mol. The van der Waals surface area contributed by atoms with Crippen molar-refractivity contribution in [3.8, 4) is 0 Å². The molecule has 1 aliphatic heterocycles. The van der Waals surface area contributed by atoms with Gasteiger partial charge >= 0.3 is 0 Å². The number of hydrogen-bond acceptors (Lipinski definition) is 3. The third kappa shape index (κ3) is 2.80. The summed E-state index contributed by atoms with van der Waals surface area (Å²) < 4.78 is 0. The van der Waals surface area contributed by atoms with E-state index in [2.05, 4.69) is 35.1 Å². The molecule has 0 bridgehead atoms. The number of aromatic nitrogens is 1. The van der Waals surface area contributed by atoms with Gasteiger partial charge in [-0.1, -0.05) is 6.07 Å². The average Bonchev–Trinajstić information content (AvgIpc) is 2.28. The maximum absolute atomic E-state index is 4.15. The second-order valence-electron chi connectivity index (χ2n) is 5.09. The topological polar surface area (TPSA) is 28.2 Å². The van der Waals surface area contributed by atoms with Crippen LogP contribution in [0.2, 0.25) is 0 Å². The zero-order valence-corrected chi connectivity index (χ0v) is 10.2. The number of piperazine rings is 1. The quantitative estimate of drug-likeness (QED) is 0.831. The molecule has 0 aromatic carbocycles. The first-order valence-electron chi connectivity index (χ1n) is 6.03. The molecule has 16 heavy (non-hydrogen) atoms. The Labute approximate surface area is 97.9 Å². The van der Waals surface area contributed by atoms with Gasteiger partial charge in [-0.3, -0.25) is 9.88 Å². The van der Waals surface area contributed by atoms with Crippen LogP contribution < -0.4 is 5.32 Å². The van der Waals surface area contributed by atoms with E-state index in [1.807, 2.05) is 18.5 Å². The lowest BCUT2D eigenvalue weighted by molar-refractivity contribution is 0.0921. The van der Waals surface area contributed by atoms with Gasteiger partial charge in [0.15, 0.2) is 0 Å². The highest BCUT2D eigenvalue weighted by atomic mass is 15.2. The van der Waals surface area contributed by atoms with Crippen molar-refractivity contribution in [3.05, 3.63) is 30.1 Å². The van der Waals surface area contributed by atoms with Crippen LogP contribution in [0.15, 0.2) is 24.5 Å². The van der Waals surface area contributed by atoms with Crippen LogP contribution in [-0.2, 0) is 6.42 Å². The largest absolute Gasteiger partial charge is 0.314 e. The van der Waals surface area contributed by atoms with E-state index < -0.39 is 0 Å². The van der Waals surface area contributed by atoms with Gasteiger partial charge in [-0.2, -0.15) is 0 Å². The minimum Gasteiger partial charge on any atom is -0.314 e. The summed E-state index contributed by atoms with van der Waals surface area (Å²) in [5.41, 5.74) is 1.61. The Balaban J connectivity index is 1.90. The van der Waals surface area contributed by atoms with Crippen molar-refractivity contribution in [1.82, 2.24) is 15.2 Å². The van der Waals surface area contributed by atoms with Gasteiger partial charge in [0, 0.05) is 44.1 Å². The van der Waals surface area contributed by atoms with Crippen LogP contribution >= 0.6 is 0 Å². The number of nitrogens with zero attached hydrogens (tertiary/aromatic N) is 2. The number of hydrogen-bond donors (Lipinski definition) is 1. The summed E-state index contributed by atoms with van der Waals surface area (Å²) in [5, 5.41) is 3.45. The Morgan fingerprint density at radius 2 is 2.38 bits per heavy atom. The molecule has 0 unspecified atom stereocenters. The van der Waals surface area contributed by atoms with Gasteiger partial charge in [0.1, 0.15) is 0 Å². The van der Waals surface area contributed by atoms with E-state index >= 15 is 0 Å². The second kappa shape index (κ2) is 4.93. The van der Waals surface area contributed by atoms with E-state index in [1.165, 1.54) is 5.56 Å². The molecule has 2 heterocycles. The van der Waals surface area contributed by atoms with Gasteiger partial charge in [-0.25, -0.2) is 0 Å². The first-order valence-corrected chi connectivity index (χ1v) is 6.03. The van der Waals surface area contributed by atoms with Crippen molar-refractivity contribution in [2.45, 2.75) is 25.8 Å². The summed E-state index contributed by atoms with van der Waals surface area (Å²) in [6.07, 6.45) is 4.89. The van der Waals surface area contributed by atoms with Gasteiger partial charge < -0.3 is 5.32 Å². The predicted molar refractivity (Wildman–Crippen MR) is 66.5 cm³/mol. The van der Waals surface area contributed by atoms with Crippen LogP contribution in [0.1, 0.15) is 19.4 Å². The summed E-state index contributed by atoms with van der Waals surface area (Å²) in [6.45, 7) is 9.08. The SMILES string of the molecule is CC1(C)CNCCN1CCc1cccnc1. The Morgan fingerprint density at radius 1 is 1.50 bits per heavy atom. The van der Waals surface area contributed by atoms with Crippen molar-refractivity contribution in [1.29, 1.82) is 0 Å². The monoisotopic (exact) mass is 219 g/mol. The third-order valence-corrected chi connectivity index (χ3v) is 3.37. The molecule has 2 rings (SSSR count). The summed E-state index contributed by atoms with van der Waals surface area (Å²) >= 11 is 0. The normalized spacial score (nSPS) is 20.9. The molecule has 1 N–H and O–H groups in total. The van der Waals surface area contributed by atoms with Crippen LogP contribution in [0.5, 0.6) is 0 Å². The van der Waals surface area contributed by atoms with Crippen LogP contribution in [0.25, 0.3) is 0 Å². The minimum absolute atomic E-state index is 0.278. The van der Waals surface area contributed by atoms with Crippen molar-refractivity contribution >= 4 is 0 Å². The molecule has 1 aromatic heterocycles. The van der Waals surface area contributed by atoms with Gasteiger partial charge in [0.2, 0.25) is 0 Å². The molecule has 0 amide bonds. The zero-order chi connectivity index (χ0) is 11.4. The van der Waals surface area contributed by atoms with Crippen molar-refractivity contribution in [2.75, 3.05) is 26.2 Å². The lowest BCUT2D eigenvalue weighted by Crippen LogP contribution is -2.58. The standard InChI is InChI=1S/C13H21N3/c1-13(2)11-15-7-9-16(13)8-5-12-4-3-6-14-10-12/h3-4,6,10,15H,5,7-9,11H2,1-2H3. The van der Waals surface area contributed by atoms with Crippen LogP contribution in [0, 0.1) is 0 Å². The predicted octanol–water partition coefficient (Wildman–Crippen LogP) is 1.31. The first-order chi connectivity index (χ1) is 7.68. The van der Waals surface area contributed by atoms with Gasteiger partial charge in [-0.05, 0) is 31.9 Å². The fourth-order valence-electron chi connectivity index (χ4n) is 2.25. The van der Waals surface area contributed by atoms with E-state index in [1.54, 1.807) is 0 Å². The summed E-state index contributed by atoms with van der Waals surface area (Å²) in [7, 11) is 0. The molecule has 3 nitrogen and oxygen atoms in total. The Bertz CT molecular complexity index is 321. The fourth-order valence-corrected chi connectivity index (χ4v) is 2.25. The van der Waals surface area contributed by atoms with Crippen LogP contribution in [0.4, 0.5) is 0 Å². The highest BCUT2D eigenvalue weighted by Crippen LogP contribution is 2.16. The molecule has 0 atom stereocenters. The van der Waals surface area contributed by atoms with Gasteiger partial charge in [-0.15, -0.1) is 0 Å². The smallest absolute Gasteiger partial charge is 0.0300 e. The molecule has 1 aromatic rings. The summed E-state index contributed by atoms with van der Waals surface area (Å²) in [4.78, 5) is 6.72. The van der Waals surface area contributed by atoms with Gasteiger partial charge in [0.25, 0.3) is 0 Å². The molecule has 0 radical (unpaired) electrons. The van der Waals surface area contributed by atoms with E-state index in [9.17, 15) is 0 Å². The molecule has 3 heteroatoms.